The predicted octanol–water partition coefficient (Wildman–Crippen LogP) is 3.95. The van der Waals surface area contributed by atoms with E-state index in [2.05, 4.69) is 9.64 Å². The lowest BCUT2D eigenvalue weighted by Gasteiger charge is -2.20. The first-order chi connectivity index (χ1) is 9.92. The van der Waals surface area contributed by atoms with Gasteiger partial charge in [-0.25, -0.2) is 0 Å². The highest BCUT2D eigenvalue weighted by molar-refractivity contribution is 5.72. The van der Waals surface area contributed by atoms with Crippen molar-refractivity contribution in [1.82, 2.24) is 0 Å². The average Bonchev–Trinajstić information content (AvgIpc) is 2.80. The van der Waals surface area contributed by atoms with Crippen LogP contribution in [0.4, 0.5) is 25.8 Å². The number of hydrogen-bond donors (Lipinski definition) is 1. The van der Waals surface area contributed by atoms with Crippen molar-refractivity contribution in [3.8, 4) is 5.75 Å². The van der Waals surface area contributed by atoms with Gasteiger partial charge in [0, 0.05) is 30.5 Å². The molecule has 1 aliphatic heterocycles. The van der Waals surface area contributed by atoms with Crippen LogP contribution in [0.3, 0.4) is 0 Å². The third kappa shape index (κ3) is 2.91. The van der Waals surface area contributed by atoms with Crippen LogP contribution in [0.25, 0.3) is 0 Å². The van der Waals surface area contributed by atoms with Gasteiger partial charge in [-0.2, -0.15) is 8.78 Å². The molecule has 0 saturated heterocycles. The minimum Gasteiger partial charge on any atom is -0.433 e. The Morgan fingerprint density at radius 2 is 1.86 bits per heavy atom. The van der Waals surface area contributed by atoms with Crippen molar-refractivity contribution in [1.29, 1.82) is 0 Å². The number of nitrogens with two attached hydrogens (primary N) is 1. The summed E-state index contributed by atoms with van der Waals surface area (Å²) in [6, 6.07) is 12.5. The summed E-state index contributed by atoms with van der Waals surface area (Å²) < 4.78 is 30.1. The Balaban J connectivity index is 1.83. The molecule has 2 aromatic carbocycles. The number of nitrogen functional groups attached to an aromatic ring is 1. The van der Waals surface area contributed by atoms with E-state index in [1.54, 1.807) is 24.3 Å². The highest BCUT2D eigenvalue weighted by atomic mass is 19.3. The van der Waals surface area contributed by atoms with E-state index in [1.807, 2.05) is 18.2 Å². The maximum absolute atomic E-state index is 12.8. The third-order valence-electron chi connectivity index (χ3n) is 3.44. The standard InChI is InChI=1S/C16H16F2N2O/c1-16(17,18)21-14-5-3-13(4-6-14)20-9-8-11-10-12(19)2-7-15(11)20/h2-7,10H,8-9,19H2,1H3. The minimum atomic E-state index is -3.17. The number of anilines is 3. The Labute approximate surface area is 121 Å². The molecule has 0 bridgehead atoms. The molecule has 0 unspecified atom stereocenters. The van der Waals surface area contributed by atoms with E-state index in [-0.39, 0.29) is 5.75 Å². The van der Waals surface area contributed by atoms with Crippen LogP contribution in [0, 0.1) is 0 Å². The van der Waals surface area contributed by atoms with Crippen LogP contribution in [0.1, 0.15) is 12.5 Å². The first kappa shape index (κ1) is 13.7. The predicted molar refractivity (Wildman–Crippen MR) is 79.3 cm³/mol. The molecule has 0 atom stereocenters. The fourth-order valence-electron chi connectivity index (χ4n) is 2.59. The Kier molecular flexibility index (Phi) is 3.20. The van der Waals surface area contributed by atoms with Gasteiger partial charge in [-0.05, 0) is 54.4 Å². The lowest BCUT2D eigenvalue weighted by Crippen LogP contribution is -2.19. The SMILES string of the molecule is CC(F)(F)Oc1ccc(N2CCc3cc(N)ccc32)cc1. The summed E-state index contributed by atoms with van der Waals surface area (Å²) in [7, 11) is 0. The maximum Gasteiger partial charge on any atom is 0.394 e. The average molecular weight is 290 g/mol. The second kappa shape index (κ2) is 4.91. The summed E-state index contributed by atoms with van der Waals surface area (Å²) in [5, 5.41) is 0. The number of benzene rings is 2. The van der Waals surface area contributed by atoms with Gasteiger partial charge < -0.3 is 15.4 Å². The van der Waals surface area contributed by atoms with E-state index < -0.39 is 6.11 Å². The molecule has 3 nitrogen and oxygen atoms in total. The molecular weight excluding hydrogens is 274 g/mol. The number of fused-ring (bicyclic) bond motifs is 1. The topological polar surface area (TPSA) is 38.5 Å². The van der Waals surface area contributed by atoms with Gasteiger partial charge in [0.2, 0.25) is 0 Å². The normalized spacial score (nSPS) is 14.1. The molecule has 0 spiro atoms. The first-order valence-corrected chi connectivity index (χ1v) is 6.75. The molecule has 5 heteroatoms. The van der Waals surface area contributed by atoms with Crippen LogP contribution < -0.4 is 15.4 Å². The van der Waals surface area contributed by atoms with Crippen LogP contribution in [-0.2, 0) is 6.42 Å². The summed E-state index contributed by atoms with van der Waals surface area (Å²) in [6.07, 6.45) is -2.25. The van der Waals surface area contributed by atoms with Crippen LogP contribution in [0.5, 0.6) is 5.75 Å². The molecule has 0 amide bonds. The van der Waals surface area contributed by atoms with E-state index in [0.29, 0.717) is 0 Å². The second-order valence-corrected chi connectivity index (χ2v) is 5.19. The van der Waals surface area contributed by atoms with Crippen molar-refractivity contribution in [2.45, 2.75) is 19.5 Å². The molecule has 0 radical (unpaired) electrons. The molecule has 110 valence electrons. The van der Waals surface area contributed by atoms with Gasteiger partial charge in [-0.3, -0.25) is 0 Å². The zero-order chi connectivity index (χ0) is 15.0. The van der Waals surface area contributed by atoms with Gasteiger partial charge in [0.1, 0.15) is 5.75 Å². The highest BCUT2D eigenvalue weighted by Gasteiger charge is 2.24. The molecule has 1 heterocycles. The highest BCUT2D eigenvalue weighted by Crippen LogP contribution is 2.36. The van der Waals surface area contributed by atoms with E-state index in [0.717, 1.165) is 37.0 Å². The van der Waals surface area contributed by atoms with E-state index in [9.17, 15) is 8.78 Å². The Morgan fingerprint density at radius 3 is 2.52 bits per heavy atom. The number of ether oxygens (including phenoxy) is 1. The Morgan fingerprint density at radius 1 is 1.14 bits per heavy atom. The molecule has 0 aliphatic carbocycles. The third-order valence-corrected chi connectivity index (χ3v) is 3.44. The summed E-state index contributed by atoms with van der Waals surface area (Å²) in [4.78, 5) is 2.14. The monoisotopic (exact) mass is 290 g/mol. The van der Waals surface area contributed by atoms with Gasteiger partial charge in [0.25, 0.3) is 0 Å². The number of nitrogens with zero attached hydrogens (tertiary/aromatic N) is 1. The molecular formula is C16H16F2N2O. The van der Waals surface area contributed by atoms with Gasteiger partial charge in [-0.15, -0.1) is 0 Å². The van der Waals surface area contributed by atoms with Gasteiger partial charge in [0.15, 0.2) is 0 Å². The Hall–Kier alpha value is -2.30. The lowest BCUT2D eigenvalue weighted by atomic mass is 10.1. The van der Waals surface area contributed by atoms with Crippen molar-refractivity contribution in [2.75, 3.05) is 17.2 Å². The lowest BCUT2D eigenvalue weighted by molar-refractivity contribution is -0.158. The molecule has 0 fully saturated rings. The molecule has 1 aliphatic rings. The van der Waals surface area contributed by atoms with Crippen molar-refractivity contribution in [3.63, 3.8) is 0 Å². The van der Waals surface area contributed by atoms with Crippen LogP contribution in [0.2, 0.25) is 0 Å². The van der Waals surface area contributed by atoms with Crippen molar-refractivity contribution in [2.24, 2.45) is 0 Å². The summed E-state index contributed by atoms with van der Waals surface area (Å²) in [6.45, 7) is 1.57. The van der Waals surface area contributed by atoms with Crippen molar-refractivity contribution in [3.05, 3.63) is 48.0 Å². The molecule has 2 aromatic rings. The summed E-state index contributed by atoms with van der Waals surface area (Å²) >= 11 is 0. The van der Waals surface area contributed by atoms with E-state index >= 15 is 0 Å². The zero-order valence-electron chi connectivity index (χ0n) is 11.6. The maximum atomic E-state index is 12.8. The molecule has 2 N–H and O–H groups in total. The molecule has 3 rings (SSSR count). The summed E-state index contributed by atoms with van der Waals surface area (Å²) in [5.74, 6) is 0.156. The zero-order valence-corrected chi connectivity index (χ0v) is 11.6. The minimum absolute atomic E-state index is 0.156. The largest absolute Gasteiger partial charge is 0.433 e. The first-order valence-electron chi connectivity index (χ1n) is 6.75. The van der Waals surface area contributed by atoms with Gasteiger partial charge in [0.05, 0.1) is 0 Å². The number of halogens is 2. The summed E-state index contributed by atoms with van der Waals surface area (Å²) in [5.41, 5.74) is 9.81. The van der Waals surface area contributed by atoms with Crippen molar-refractivity contribution < 1.29 is 13.5 Å². The Bertz CT molecular complexity index is 650. The molecule has 0 saturated carbocycles. The van der Waals surface area contributed by atoms with E-state index in [1.165, 1.54) is 5.56 Å². The smallest absolute Gasteiger partial charge is 0.394 e. The van der Waals surface area contributed by atoms with Crippen LogP contribution in [-0.4, -0.2) is 12.7 Å². The van der Waals surface area contributed by atoms with Crippen LogP contribution in [0.15, 0.2) is 42.5 Å². The van der Waals surface area contributed by atoms with E-state index in [4.69, 9.17) is 5.73 Å². The van der Waals surface area contributed by atoms with Gasteiger partial charge in [-0.1, -0.05) is 0 Å². The molecule has 21 heavy (non-hydrogen) atoms. The second-order valence-electron chi connectivity index (χ2n) is 5.19. The van der Waals surface area contributed by atoms with Crippen LogP contribution >= 0.6 is 0 Å². The fraction of sp³-hybridized carbons (Fsp3) is 0.250. The molecule has 0 aromatic heterocycles. The van der Waals surface area contributed by atoms with Gasteiger partial charge >= 0.3 is 6.11 Å². The number of alkyl halides is 2. The number of hydrogen-bond acceptors (Lipinski definition) is 3. The van der Waals surface area contributed by atoms with Crippen molar-refractivity contribution >= 4 is 17.1 Å². The number of rotatable bonds is 3. The fourth-order valence-corrected chi connectivity index (χ4v) is 2.59. The quantitative estimate of drug-likeness (QED) is 0.870.